The summed E-state index contributed by atoms with van der Waals surface area (Å²) in [7, 11) is 0. The van der Waals surface area contributed by atoms with Gasteiger partial charge < -0.3 is 9.84 Å². The summed E-state index contributed by atoms with van der Waals surface area (Å²) in [5.41, 5.74) is 0.670. The number of nitrogens with zero attached hydrogens (tertiary/aromatic N) is 2. The number of ketones is 2. The normalized spacial score (nSPS) is 15.0. The van der Waals surface area contributed by atoms with E-state index in [9.17, 15) is 23.9 Å². The molecular formula is C23H21FN2O5. The van der Waals surface area contributed by atoms with E-state index in [4.69, 9.17) is 4.74 Å². The van der Waals surface area contributed by atoms with Crippen LogP contribution in [0.3, 0.4) is 0 Å². The summed E-state index contributed by atoms with van der Waals surface area (Å²) in [6.07, 6.45) is 1.15. The highest BCUT2D eigenvalue weighted by atomic mass is 19.1. The lowest BCUT2D eigenvalue weighted by atomic mass is 10.0. The molecule has 3 aromatic rings. The topological polar surface area (TPSA) is 98.5 Å². The van der Waals surface area contributed by atoms with Gasteiger partial charge in [0.25, 0.3) is 5.56 Å². The number of carbonyl (C=O) groups is 2. The number of benzene rings is 1. The molecule has 1 N–H and O–H groups in total. The van der Waals surface area contributed by atoms with Crippen LogP contribution in [-0.4, -0.2) is 32.3 Å². The Labute approximate surface area is 177 Å². The van der Waals surface area contributed by atoms with E-state index in [0.29, 0.717) is 12.0 Å². The monoisotopic (exact) mass is 424 g/mol. The summed E-state index contributed by atoms with van der Waals surface area (Å²) in [6, 6.07) is 5.92. The van der Waals surface area contributed by atoms with E-state index in [1.807, 2.05) is 0 Å². The fourth-order valence-corrected chi connectivity index (χ4v) is 3.82. The lowest BCUT2D eigenvalue weighted by Gasteiger charge is -2.29. The Kier molecular flexibility index (Phi) is 5.31. The number of hydrogen-bond donors (Lipinski definition) is 1. The number of aromatic nitrogens is 2. The number of carbonyl (C=O) groups excluding carboxylic acids is 2. The van der Waals surface area contributed by atoms with Crippen LogP contribution in [-0.2, 0) is 17.8 Å². The molecule has 3 heterocycles. The molecule has 1 aliphatic rings. The van der Waals surface area contributed by atoms with Crippen molar-refractivity contribution >= 4 is 22.6 Å². The van der Waals surface area contributed by atoms with Crippen LogP contribution in [0.2, 0.25) is 0 Å². The first-order valence-electron chi connectivity index (χ1n) is 10.1. The third kappa shape index (κ3) is 3.48. The van der Waals surface area contributed by atoms with E-state index in [0.717, 1.165) is 5.56 Å². The maximum atomic E-state index is 13.3. The predicted octanol–water partition coefficient (Wildman–Crippen LogP) is 3.16. The van der Waals surface area contributed by atoms with Crippen LogP contribution < -0.4 is 10.3 Å². The second-order valence-corrected chi connectivity index (χ2v) is 7.46. The number of halogens is 1. The van der Waals surface area contributed by atoms with Crippen LogP contribution in [0.15, 0.2) is 35.3 Å². The minimum absolute atomic E-state index is 0.0393. The summed E-state index contributed by atoms with van der Waals surface area (Å²) < 4.78 is 20.6. The Morgan fingerprint density at radius 3 is 2.58 bits per heavy atom. The molecule has 0 bridgehead atoms. The number of rotatable bonds is 6. The Morgan fingerprint density at radius 2 is 1.94 bits per heavy atom. The first-order chi connectivity index (χ1) is 14.8. The first-order valence-corrected chi connectivity index (χ1v) is 10.1. The molecule has 0 spiro atoms. The van der Waals surface area contributed by atoms with E-state index in [-0.39, 0.29) is 53.3 Å². The molecule has 31 heavy (non-hydrogen) atoms. The maximum Gasteiger partial charge on any atom is 0.266 e. The third-order valence-corrected chi connectivity index (χ3v) is 5.49. The molecule has 2 aromatic heterocycles. The first kappa shape index (κ1) is 20.7. The molecule has 1 aromatic carbocycles. The van der Waals surface area contributed by atoms with Gasteiger partial charge in [-0.15, -0.1) is 0 Å². The van der Waals surface area contributed by atoms with E-state index in [2.05, 4.69) is 4.98 Å². The van der Waals surface area contributed by atoms with Gasteiger partial charge in [-0.3, -0.25) is 23.9 Å². The molecule has 1 atom stereocenters. The van der Waals surface area contributed by atoms with Crippen molar-refractivity contribution in [2.75, 3.05) is 0 Å². The molecule has 0 saturated carbocycles. The van der Waals surface area contributed by atoms with E-state index in [1.165, 1.54) is 22.9 Å². The van der Waals surface area contributed by atoms with Crippen molar-refractivity contribution in [2.45, 2.75) is 45.8 Å². The minimum atomic E-state index is -0.901. The average molecular weight is 424 g/mol. The summed E-state index contributed by atoms with van der Waals surface area (Å²) in [5, 5.41) is 10.7. The zero-order valence-corrected chi connectivity index (χ0v) is 17.1. The van der Waals surface area contributed by atoms with Gasteiger partial charge in [-0.1, -0.05) is 26.0 Å². The number of aromatic hydroxyl groups is 1. The summed E-state index contributed by atoms with van der Waals surface area (Å²) >= 11 is 0. The van der Waals surface area contributed by atoms with Gasteiger partial charge in [0.05, 0.1) is 6.54 Å². The van der Waals surface area contributed by atoms with Gasteiger partial charge >= 0.3 is 0 Å². The highest BCUT2D eigenvalue weighted by molar-refractivity contribution is 6.03. The smallest absolute Gasteiger partial charge is 0.266 e. The van der Waals surface area contributed by atoms with Crippen LogP contribution in [0.25, 0.3) is 11.0 Å². The molecule has 4 rings (SSSR count). The lowest BCUT2D eigenvalue weighted by Crippen LogP contribution is -2.41. The van der Waals surface area contributed by atoms with Crippen molar-refractivity contribution in [2.24, 2.45) is 0 Å². The predicted molar refractivity (Wildman–Crippen MR) is 111 cm³/mol. The van der Waals surface area contributed by atoms with E-state index in [1.54, 1.807) is 26.0 Å². The number of ether oxygens (including phenoxy) is 1. The standard InChI is InChI=1S/C23H21FN2O5/c1-3-15(27)17-11-26-20-19(21(29)18(23(26)30)16(28)4-2)25-10-13(22(20)31-17)9-12-5-7-14(24)8-6-12/h5-8,10,17,29H,3-4,9,11H2,1-2H3/t17-/m1/s1. The van der Waals surface area contributed by atoms with Gasteiger partial charge in [-0.2, -0.15) is 0 Å². The Balaban J connectivity index is 1.97. The van der Waals surface area contributed by atoms with Gasteiger partial charge in [0.2, 0.25) is 0 Å². The van der Waals surface area contributed by atoms with Crippen molar-refractivity contribution < 1.29 is 23.8 Å². The van der Waals surface area contributed by atoms with E-state index < -0.39 is 23.2 Å². The maximum absolute atomic E-state index is 13.3. The van der Waals surface area contributed by atoms with Crippen LogP contribution in [0.1, 0.15) is 48.2 Å². The molecule has 160 valence electrons. The van der Waals surface area contributed by atoms with Crippen molar-refractivity contribution in [3.8, 4) is 11.5 Å². The molecule has 8 heteroatoms. The quantitative estimate of drug-likeness (QED) is 0.611. The lowest BCUT2D eigenvalue weighted by molar-refractivity contribution is -0.126. The van der Waals surface area contributed by atoms with Gasteiger partial charge in [0, 0.05) is 31.0 Å². The van der Waals surface area contributed by atoms with Crippen LogP contribution in [0.5, 0.6) is 11.5 Å². The Morgan fingerprint density at radius 1 is 1.23 bits per heavy atom. The molecular weight excluding hydrogens is 403 g/mol. The van der Waals surface area contributed by atoms with Crippen molar-refractivity contribution in [3.63, 3.8) is 0 Å². The van der Waals surface area contributed by atoms with Gasteiger partial charge in [-0.05, 0) is 17.7 Å². The van der Waals surface area contributed by atoms with Gasteiger partial charge in [0.1, 0.15) is 22.4 Å². The molecule has 0 unspecified atom stereocenters. The SMILES string of the molecule is CCC(=O)c1c(O)c2ncc(Cc3ccc(F)cc3)c3c2n(c1=O)C[C@H](C(=O)CC)O3. The minimum Gasteiger partial charge on any atom is -0.505 e. The second kappa shape index (κ2) is 7.94. The largest absolute Gasteiger partial charge is 0.505 e. The number of pyridine rings is 2. The van der Waals surface area contributed by atoms with Gasteiger partial charge in [0.15, 0.2) is 29.2 Å². The van der Waals surface area contributed by atoms with Gasteiger partial charge in [-0.25, -0.2) is 4.39 Å². The van der Waals surface area contributed by atoms with Crippen molar-refractivity contribution in [1.29, 1.82) is 0 Å². The van der Waals surface area contributed by atoms with Crippen molar-refractivity contribution in [3.05, 3.63) is 63.3 Å². The summed E-state index contributed by atoms with van der Waals surface area (Å²) in [4.78, 5) is 42.2. The highest BCUT2D eigenvalue weighted by Crippen LogP contribution is 2.38. The molecule has 0 aliphatic carbocycles. The average Bonchev–Trinajstić information content (AvgIpc) is 2.78. The zero-order valence-electron chi connectivity index (χ0n) is 17.1. The number of hydrogen-bond acceptors (Lipinski definition) is 6. The summed E-state index contributed by atoms with van der Waals surface area (Å²) in [6.45, 7) is 3.23. The molecule has 0 saturated heterocycles. The summed E-state index contributed by atoms with van der Waals surface area (Å²) in [5.74, 6) is -1.28. The van der Waals surface area contributed by atoms with Crippen LogP contribution in [0.4, 0.5) is 4.39 Å². The highest BCUT2D eigenvalue weighted by Gasteiger charge is 2.33. The van der Waals surface area contributed by atoms with Crippen LogP contribution in [0, 0.1) is 5.82 Å². The molecule has 0 amide bonds. The molecule has 0 fully saturated rings. The third-order valence-electron chi connectivity index (χ3n) is 5.49. The number of Topliss-reactive ketones (excluding diaryl/α,β-unsaturated/α-hetero) is 2. The second-order valence-electron chi connectivity index (χ2n) is 7.46. The molecule has 7 nitrogen and oxygen atoms in total. The fraction of sp³-hybridized carbons (Fsp3) is 0.304. The van der Waals surface area contributed by atoms with Crippen molar-refractivity contribution in [1.82, 2.24) is 9.55 Å². The zero-order chi connectivity index (χ0) is 22.3. The van der Waals surface area contributed by atoms with E-state index >= 15 is 0 Å². The molecule has 0 radical (unpaired) electrons. The molecule has 1 aliphatic heterocycles. The fourth-order valence-electron chi connectivity index (χ4n) is 3.82. The Bertz CT molecular complexity index is 1260. The Hall–Kier alpha value is -3.55. The van der Waals surface area contributed by atoms with Crippen LogP contribution >= 0.6 is 0 Å².